The number of nitrogens with two attached hydrogens (primary N) is 1. The maximum absolute atomic E-state index is 10.6. The smallest absolute Gasteiger partial charge is 0.321 e. The third kappa shape index (κ3) is 4.30. The number of carboxylic acids is 1. The van der Waals surface area contributed by atoms with Crippen LogP contribution in [-0.4, -0.2) is 35.6 Å². The molecule has 0 saturated carbocycles. The SMILES string of the molecule is CN(Cc1ccc(Br)cc1)CC(N)C(=O)O. The van der Waals surface area contributed by atoms with Crippen molar-refractivity contribution in [2.75, 3.05) is 13.6 Å². The number of hydrogen-bond donors (Lipinski definition) is 2. The molecule has 0 bridgehead atoms. The van der Waals surface area contributed by atoms with Crippen molar-refractivity contribution in [3.8, 4) is 0 Å². The summed E-state index contributed by atoms with van der Waals surface area (Å²) in [6, 6.07) is 7.07. The van der Waals surface area contributed by atoms with Crippen molar-refractivity contribution in [2.24, 2.45) is 5.73 Å². The number of nitrogens with zero attached hydrogens (tertiary/aromatic N) is 1. The Morgan fingerprint density at radius 3 is 2.56 bits per heavy atom. The van der Waals surface area contributed by atoms with E-state index in [4.69, 9.17) is 10.8 Å². The molecule has 1 atom stereocenters. The van der Waals surface area contributed by atoms with Gasteiger partial charge in [-0.2, -0.15) is 0 Å². The number of likely N-dealkylation sites (N-methyl/N-ethyl adjacent to an activating group) is 1. The largest absolute Gasteiger partial charge is 0.480 e. The molecule has 0 aliphatic rings. The summed E-state index contributed by atoms with van der Waals surface area (Å²) in [6.45, 7) is 1.03. The van der Waals surface area contributed by atoms with Gasteiger partial charge in [0.15, 0.2) is 0 Å². The van der Waals surface area contributed by atoms with Crippen LogP contribution >= 0.6 is 15.9 Å². The van der Waals surface area contributed by atoms with Gasteiger partial charge in [0.2, 0.25) is 0 Å². The Balaban J connectivity index is 2.48. The molecule has 88 valence electrons. The minimum Gasteiger partial charge on any atom is -0.480 e. The maximum Gasteiger partial charge on any atom is 0.321 e. The van der Waals surface area contributed by atoms with Crippen LogP contribution in [0.25, 0.3) is 0 Å². The molecule has 1 aromatic rings. The van der Waals surface area contributed by atoms with Crippen LogP contribution in [0.15, 0.2) is 28.7 Å². The van der Waals surface area contributed by atoms with Crippen molar-refractivity contribution in [3.05, 3.63) is 34.3 Å². The zero-order valence-corrected chi connectivity index (χ0v) is 10.6. The molecular formula is C11H15BrN2O2. The van der Waals surface area contributed by atoms with E-state index in [-0.39, 0.29) is 0 Å². The molecule has 0 saturated heterocycles. The summed E-state index contributed by atoms with van der Waals surface area (Å²) in [5.74, 6) is -0.970. The molecule has 0 aliphatic heterocycles. The van der Waals surface area contributed by atoms with Gasteiger partial charge in [-0.1, -0.05) is 28.1 Å². The fraction of sp³-hybridized carbons (Fsp3) is 0.364. The average molecular weight is 287 g/mol. The third-order valence-electron chi connectivity index (χ3n) is 2.19. The summed E-state index contributed by atoms with van der Waals surface area (Å²) in [4.78, 5) is 12.5. The number of carboxylic acid groups (broad SMARTS) is 1. The third-order valence-corrected chi connectivity index (χ3v) is 2.72. The molecule has 4 nitrogen and oxygen atoms in total. The zero-order valence-electron chi connectivity index (χ0n) is 9.06. The van der Waals surface area contributed by atoms with Gasteiger partial charge in [0, 0.05) is 17.6 Å². The van der Waals surface area contributed by atoms with Gasteiger partial charge in [0.05, 0.1) is 0 Å². The number of benzene rings is 1. The van der Waals surface area contributed by atoms with Crippen LogP contribution in [0.2, 0.25) is 0 Å². The van der Waals surface area contributed by atoms with E-state index in [1.807, 2.05) is 36.2 Å². The lowest BCUT2D eigenvalue weighted by Crippen LogP contribution is -2.40. The highest BCUT2D eigenvalue weighted by Gasteiger charge is 2.13. The molecule has 0 aliphatic carbocycles. The lowest BCUT2D eigenvalue weighted by atomic mass is 10.2. The summed E-state index contributed by atoms with van der Waals surface area (Å²) < 4.78 is 1.03. The van der Waals surface area contributed by atoms with Crippen LogP contribution < -0.4 is 5.73 Å². The Bertz CT molecular complexity index is 354. The van der Waals surface area contributed by atoms with Gasteiger partial charge >= 0.3 is 5.97 Å². The van der Waals surface area contributed by atoms with Crippen LogP contribution in [-0.2, 0) is 11.3 Å². The number of carbonyl (C=O) groups is 1. The van der Waals surface area contributed by atoms with Gasteiger partial charge in [-0.05, 0) is 24.7 Å². The van der Waals surface area contributed by atoms with Crippen LogP contribution in [0.5, 0.6) is 0 Å². The van der Waals surface area contributed by atoms with Crippen molar-refractivity contribution < 1.29 is 9.90 Å². The van der Waals surface area contributed by atoms with Crippen LogP contribution in [0, 0.1) is 0 Å². The molecule has 3 N–H and O–H groups in total. The fourth-order valence-corrected chi connectivity index (χ4v) is 1.64. The summed E-state index contributed by atoms with van der Waals surface area (Å²) in [5.41, 5.74) is 6.57. The number of halogens is 1. The first-order valence-corrected chi connectivity index (χ1v) is 5.69. The Labute approximate surface area is 103 Å². The van der Waals surface area contributed by atoms with E-state index < -0.39 is 12.0 Å². The monoisotopic (exact) mass is 286 g/mol. The molecule has 0 heterocycles. The highest BCUT2D eigenvalue weighted by molar-refractivity contribution is 9.10. The lowest BCUT2D eigenvalue weighted by Gasteiger charge is -2.18. The maximum atomic E-state index is 10.6. The van der Waals surface area contributed by atoms with Crippen molar-refractivity contribution in [1.29, 1.82) is 0 Å². The topological polar surface area (TPSA) is 66.6 Å². The zero-order chi connectivity index (χ0) is 12.1. The molecule has 0 radical (unpaired) electrons. The van der Waals surface area contributed by atoms with Gasteiger partial charge in [-0.3, -0.25) is 9.69 Å². The molecule has 16 heavy (non-hydrogen) atoms. The van der Waals surface area contributed by atoms with E-state index in [1.54, 1.807) is 0 Å². The molecular weight excluding hydrogens is 272 g/mol. The lowest BCUT2D eigenvalue weighted by molar-refractivity contribution is -0.138. The Kier molecular flexibility index (Phi) is 4.92. The van der Waals surface area contributed by atoms with E-state index in [0.717, 1.165) is 10.0 Å². The van der Waals surface area contributed by atoms with Crippen LogP contribution in [0.3, 0.4) is 0 Å². The van der Waals surface area contributed by atoms with E-state index in [0.29, 0.717) is 13.1 Å². The molecule has 0 aromatic heterocycles. The molecule has 1 aromatic carbocycles. The van der Waals surface area contributed by atoms with Gasteiger partial charge in [-0.15, -0.1) is 0 Å². The van der Waals surface area contributed by atoms with Crippen molar-refractivity contribution in [1.82, 2.24) is 4.90 Å². The first kappa shape index (κ1) is 13.2. The Morgan fingerprint density at radius 2 is 2.06 bits per heavy atom. The minimum absolute atomic E-state index is 0.339. The quantitative estimate of drug-likeness (QED) is 0.856. The number of aliphatic carboxylic acids is 1. The molecule has 1 rings (SSSR count). The molecule has 0 amide bonds. The fourth-order valence-electron chi connectivity index (χ4n) is 1.38. The molecule has 0 fully saturated rings. The summed E-state index contributed by atoms with van der Waals surface area (Å²) in [6.07, 6.45) is 0. The van der Waals surface area contributed by atoms with E-state index >= 15 is 0 Å². The first-order chi connectivity index (χ1) is 7.49. The highest BCUT2D eigenvalue weighted by Crippen LogP contribution is 2.11. The second-order valence-corrected chi connectivity index (χ2v) is 4.68. The number of hydrogen-bond acceptors (Lipinski definition) is 3. The van der Waals surface area contributed by atoms with Crippen LogP contribution in [0.1, 0.15) is 5.56 Å². The second kappa shape index (κ2) is 5.98. The van der Waals surface area contributed by atoms with Gasteiger partial charge in [-0.25, -0.2) is 0 Å². The van der Waals surface area contributed by atoms with E-state index in [9.17, 15) is 4.79 Å². The second-order valence-electron chi connectivity index (χ2n) is 3.77. The Hall–Kier alpha value is -0.910. The highest BCUT2D eigenvalue weighted by atomic mass is 79.9. The summed E-state index contributed by atoms with van der Waals surface area (Å²) in [7, 11) is 1.85. The minimum atomic E-state index is -0.970. The molecule has 5 heteroatoms. The normalized spacial score (nSPS) is 12.8. The van der Waals surface area contributed by atoms with Gasteiger partial charge in [0.25, 0.3) is 0 Å². The molecule has 0 spiro atoms. The van der Waals surface area contributed by atoms with E-state index in [2.05, 4.69) is 15.9 Å². The van der Waals surface area contributed by atoms with Crippen molar-refractivity contribution in [2.45, 2.75) is 12.6 Å². The van der Waals surface area contributed by atoms with Gasteiger partial charge in [0.1, 0.15) is 6.04 Å². The molecule has 1 unspecified atom stereocenters. The Morgan fingerprint density at radius 1 is 1.50 bits per heavy atom. The van der Waals surface area contributed by atoms with Crippen LogP contribution in [0.4, 0.5) is 0 Å². The average Bonchev–Trinajstić information content (AvgIpc) is 2.21. The summed E-state index contributed by atoms with van der Waals surface area (Å²) >= 11 is 3.36. The van der Waals surface area contributed by atoms with Gasteiger partial charge < -0.3 is 10.8 Å². The first-order valence-electron chi connectivity index (χ1n) is 4.90. The number of rotatable bonds is 5. The van der Waals surface area contributed by atoms with Crippen molar-refractivity contribution in [3.63, 3.8) is 0 Å². The van der Waals surface area contributed by atoms with Crippen molar-refractivity contribution >= 4 is 21.9 Å². The standard InChI is InChI=1S/C11H15BrN2O2/c1-14(7-10(13)11(15)16)6-8-2-4-9(12)5-3-8/h2-5,10H,6-7,13H2,1H3,(H,15,16). The summed E-state index contributed by atoms with van der Waals surface area (Å²) in [5, 5.41) is 8.68. The predicted molar refractivity (Wildman–Crippen MR) is 66.1 cm³/mol. The predicted octanol–water partition coefficient (Wildman–Crippen LogP) is 1.29. The van der Waals surface area contributed by atoms with E-state index in [1.165, 1.54) is 0 Å².